The van der Waals surface area contributed by atoms with Gasteiger partial charge in [-0.25, -0.2) is 6.57 Å². The molecule has 2 amide bonds. The molecule has 4 aliphatic heterocycles. The van der Waals surface area contributed by atoms with Crippen molar-refractivity contribution in [3.63, 3.8) is 0 Å². The third kappa shape index (κ3) is 1.61. The van der Waals surface area contributed by atoms with Crippen LogP contribution in [0.4, 0.5) is 0 Å². The van der Waals surface area contributed by atoms with E-state index in [1.807, 2.05) is 19.1 Å². The number of benzene rings is 1. The van der Waals surface area contributed by atoms with E-state index in [2.05, 4.69) is 4.85 Å². The van der Waals surface area contributed by atoms with E-state index >= 15 is 0 Å². The first-order valence-corrected chi connectivity index (χ1v) is 10.7. The minimum atomic E-state index is -1.11. The zero-order chi connectivity index (χ0) is 19.4. The molecule has 1 aromatic rings. The SMILES string of the molecule is [C-]#[N+][C@]1(C)C[C@]23C(=O)N(C)[C@@](C)(C(=O)N2C1c1ccc2c(c1)OCO2)S3=S. The van der Waals surface area contributed by atoms with Gasteiger partial charge in [-0.3, -0.25) is 9.59 Å². The summed E-state index contributed by atoms with van der Waals surface area (Å²) in [5.41, 5.74) is -0.183. The van der Waals surface area contributed by atoms with Gasteiger partial charge in [0.25, 0.3) is 17.4 Å². The lowest BCUT2D eigenvalue weighted by molar-refractivity contribution is -0.159. The Morgan fingerprint density at radius 3 is 2.67 bits per heavy atom. The van der Waals surface area contributed by atoms with E-state index in [0.717, 1.165) is 5.56 Å². The molecule has 2 bridgehead atoms. The first-order valence-electron chi connectivity index (χ1n) is 8.54. The second-order valence-electron chi connectivity index (χ2n) is 7.74. The lowest BCUT2D eigenvalue weighted by Crippen LogP contribution is -2.60. The van der Waals surface area contributed by atoms with Crippen LogP contribution in [0.2, 0.25) is 0 Å². The first kappa shape index (κ1) is 17.0. The van der Waals surface area contributed by atoms with Crippen LogP contribution in [-0.2, 0) is 30.2 Å². The van der Waals surface area contributed by atoms with Gasteiger partial charge < -0.3 is 24.1 Å². The van der Waals surface area contributed by atoms with E-state index < -0.39 is 30.8 Å². The van der Waals surface area contributed by atoms with E-state index in [-0.39, 0.29) is 25.0 Å². The number of hydrogen-bond acceptors (Lipinski definition) is 5. The summed E-state index contributed by atoms with van der Waals surface area (Å²) >= 11 is 5.77. The normalized spacial score (nSPS) is 41.3. The topological polar surface area (TPSA) is 63.4 Å². The average Bonchev–Trinajstić information content (AvgIpc) is 3.31. The number of ether oxygens (including phenoxy) is 2. The van der Waals surface area contributed by atoms with Gasteiger partial charge in [0.05, 0.1) is 6.42 Å². The Hall–Kier alpha value is -2.18. The van der Waals surface area contributed by atoms with Crippen LogP contribution in [0.1, 0.15) is 31.9 Å². The smallest absolute Gasteiger partial charge is 0.261 e. The Kier molecular flexibility index (Phi) is 3.02. The van der Waals surface area contributed by atoms with Crippen molar-refractivity contribution in [3.8, 4) is 11.5 Å². The van der Waals surface area contributed by atoms with E-state index in [4.69, 9.17) is 27.2 Å². The lowest BCUT2D eigenvalue weighted by Gasteiger charge is -2.38. The summed E-state index contributed by atoms with van der Waals surface area (Å²) in [4.78, 5) is 31.6. The lowest BCUT2D eigenvalue weighted by atomic mass is 9.87. The second kappa shape index (κ2) is 4.80. The van der Waals surface area contributed by atoms with Crippen LogP contribution in [0.3, 0.4) is 0 Å². The van der Waals surface area contributed by atoms with Crippen molar-refractivity contribution in [2.45, 2.75) is 41.6 Å². The van der Waals surface area contributed by atoms with Crippen molar-refractivity contribution < 1.29 is 19.1 Å². The van der Waals surface area contributed by atoms with Gasteiger partial charge in [0.15, 0.2) is 21.2 Å². The number of likely N-dealkylation sites (N-methyl/N-ethyl adjacent to an activating group) is 1. The van der Waals surface area contributed by atoms with E-state index in [0.29, 0.717) is 11.5 Å². The van der Waals surface area contributed by atoms with Crippen molar-refractivity contribution in [1.29, 1.82) is 0 Å². The maximum absolute atomic E-state index is 13.5. The van der Waals surface area contributed by atoms with Crippen molar-refractivity contribution in [1.82, 2.24) is 9.80 Å². The zero-order valence-corrected chi connectivity index (χ0v) is 16.6. The zero-order valence-electron chi connectivity index (χ0n) is 15.0. The maximum atomic E-state index is 13.5. The van der Waals surface area contributed by atoms with Gasteiger partial charge in [0, 0.05) is 14.0 Å². The molecule has 9 heteroatoms. The molecule has 0 N–H and O–H groups in total. The molecule has 4 aliphatic rings. The molecule has 5 atom stereocenters. The molecule has 1 spiro atoms. The van der Waals surface area contributed by atoms with Gasteiger partial charge in [0.1, 0.15) is 6.04 Å². The fraction of sp³-hybridized carbons (Fsp3) is 0.500. The highest BCUT2D eigenvalue weighted by Crippen LogP contribution is 2.63. The highest BCUT2D eigenvalue weighted by molar-refractivity contribution is 8.31. The molecule has 0 aromatic heterocycles. The number of nitrogens with zero attached hydrogens (tertiary/aromatic N) is 3. The fourth-order valence-electron chi connectivity index (χ4n) is 4.89. The molecule has 0 radical (unpaired) electrons. The van der Waals surface area contributed by atoms with Gasteiger partial charge in [0.2, 0.25) is 6.79 Å². The summed E-state index contributed by atoms with van der Waals surface area (Å²) in [5.74, 6) is 0.902. The molecule has 1 aromatic carbocycles. The highest BCUT2D eigenvalue weighted by atomic mass is 32.8. The first-order chi connectivity index (χ1) is 12.7. The Morgan fingerprint density at radius 1 is 1.26 bits per heavy atom. The van der Waals surface area contributed by atoms with Crippen molar-refractivity contribution >= 4 is 32.5 Å². The molecule has 5 rings (SSSR count). The third-order valence-corrected chi connectivity index (χ3v) is 10.5. The van der Waals surface area contributed by atoms with Gasteiger partial charge in [-0.1, -0.05) is 6.07 Å². The van der Waals surface area contributed by atoms with Crippen molar-refractivity contribution in [3.05, 3.63) is 35.2 Å². The Bertz CT molecular complexity index is 1010. The standard InChI is InChI=1S/C18H17N3O4S2/c1-16(19-3)8-18-15(23)20(4)17(2,27(18)26)14(22)21(18)13(16)10-5-6-11-12(7-10)25-9-24-11/h5-7,13H,8-9H2,1-2,4H3/t13?,16-,17-,18+,27?/m1/s1. The minimum Gasteiger partial charge on any atom is -0.454 e. The molecule has 2 unspecified atom stereocenters. The van der Waals surface area contributed by atoms with E-state index in [1.54, 1.807) is 24.9 Å². The molecule has 0 aliphatic carbocycles. The number of hydrogen-bond donors (Lipinski definition) is 0. The van der Waals surface area contributed by atoms with Crippen molar-refractivity contribution in [2.75, 3.05) is 13.8 Å². The van der Waals surface area contributed by atoms with Crippen LogP contribution in [0.5, 0.6) is 11.5 Å². The summed E-state index contributed by atoms with van der Waals surface area (Å²) in [6.07, 6.45) is 0.250. The van der Waals surface area contributed by atoms with Gasteiger partial charge in [-0.05, 0) is 45.3 Å². The predicted octanol–water partition coefficient (Wildman–Crippen LogP) is 1.34. The molecule has 7 nitrogen and oxygen atoms in total. The minimum absolute atomic E-state index is 0.146. The van der Waals surface area contributed by atoms with Crippen LogP contribution < -0.4 is 9.47 Å². The Balaban J connectivity index is 1.73. The summed E-state index contributed by atoms with van der Waals surface area (Å²) < 4.78 is 10.9. The summed E-state index contributed by atoms with van der Waals surface area (Å²) in [7, 11) is 0.702. The van der Waals surface area contributed by atoms with E-state index in [1.165, 1.54) is 4.90 Å². The molecular weight excluding hydrogens is 386 g/mol. The number of fused-ring (bicyclic) bond motifs is 2. The molecule has 27 heavy (non-hydrogen) atoms. The van der Waals surface area contributed by atoms with Gasteiger partial charge in [-0.2, -0.15) is 0 Å². The number of carbonyl (C=O) groups is 2. The number of piperazine rings is 1. The van der Waals surface area contributed by atoms with Gasteiger partial charge in [-0.15, -0.1) is 0 Å². The van der Waals surface area contributed by atoms with Gasteiger partial charge >= 0.3 is 0 Å². The van der Waals surface area contributed by atoms with Crippen LogP contribution >= 0.6 is 0 Å². The van der Waals surface area contributed by atoms with Crippen molar-refractivity contribution in [2.24, 2.45) is 0 Å². The quantitative estimate of drug-likeness (QED) is 0.663. The predicted molar refractivity (Wildman–Crippen MR) is 100 cm³/mol. The number of rotatable bonds is 1. The molecule has 140 valence electrons. The van der Waals surface area contributed by atoms with Crippen LogP contribution in [0.25, 0.3) is 4.85 Å². The number of amides is 2. The second-order valence-corrected chi connectivity index (χ2v) is 10.7. The molecule has 3 fully saturated rings. The molecule has 0 saturated carbocycles. The van der Waals surface area contributed by atoms with Crippen LogP contribution in [0.15, 0.2) is 18.2 Å². The molecule has 3 saturated heterocycles. The average molecular weight is 403 g/mol. The van der Waals surface area contributed by atoms with Crippen LogP contribution in [-0.4, -0.2) is 50.7 Å². The summed E-state index contributed by atoms with van der Waals surface area (Å²) in [6.45, 7) is 11.6. The largest absolute Gasteiger partial charge is 0.454 e. The van der Waals surface area contributed by atoms with E-state index in [9.17, 15) is 9.59 Å². The monoisotopic (exact) mass is 403 g/mol. The van der Waals surface area contributed by atoms with Crippen LogP contribution in [0, 0.1) is 6.57 Å². The number of carbonyl (C=O) groups excluding carboxylic acids is 2. The summed E-state index contributed by atoms with van der Waals surface area (Å²) in [5, 5.41) is 0. The molecule has 4 heterocycles. The Morgan fingerprint density at radius 2 is 1.96 bits per heavy atom. The maximum Gasteiger partial charge on any atom is 0.261 e. The fourth-order valence-corrected chi connectivity index (χ4v) is 8.41. The third-order valence-electron chi connectivity index (χ3n) is 6.36. The highest BCUT2D eigenvalue weighted by Gasteiger charge is 2.82. The summed E-state index contributed by atoms with van der Waals surface area (Å²) in [6, 6.07) is 4.88. The Labute approximate surface area is 163 Å². The molecular formula is C18H17N3O4S2.